The molecule has 2 nitrogen and oxygen atoms in total. The Balaban J connectivity index is 2.63. The van der Waals surface area contributed by atoms with Gasteiger partial charge >= 0.3 is 0 Å². The van der Waals surface area contributed by atoms with Gasteiger partial charge in [-0.1, -0.05) is 28.1 Å². The van der Waals surface area contributed by atoms with Crippen LogP contribution in [0.5, 0.6) is 5.75 Å². The van der Waals surface area contributed by atoms with Crippen molar-refractivity contribution >= 4 is 15.9 Å². The maximum Gasteiger partial charge on any atom is 0.165 e. The van der Waals surface area contributed by atoms with Crippen molar-refractivity contribution < 1.29 is 13.9 Å². The summed E-state index contributed by atoms with van der Waals surface area (Å²) in [5, 5.41) is 0.577. The van der Waals surface area contributed by atoms with Crippen molar-refractivity contribution in [3.05, 3.63) is 29.6 Å². The Morgan fingerprint density at radius 1 is 1.35 bits per heavy atom. The Morgan fingerprint density at radius 3 is 2.65 bits per heavy atom. The standard InChI is InChI=1S/C13H18BrFO2/c1-13(2,16-3)7-8-17-12-10(9-14)5-4-6-11(12)15/h4-6H,7-9H2,1-3H3. The monoisotopic (exact) mass is 304 g/mol. The Morgan fingerprint density at radius 2 is 2.06 bits per heavy atom. The number of methoxy groups -OCH3 is 1. The number of hydrogen-bond donors (Lipinski definition) is 0. The molecule has 0 fully saturated rings. The number of alkyl halides is 1. The molecule has 1 rings (SSSR count). The van der Waals surface area contributed by atoms with Crippen molar-refractivity contribution in [1.82, 2.24) is 0 Å². The number of halogens is 2. The third-order valence-corrected chi connectivity index (χ3v) is 3.30. The molecule has 0 bridgehead atoms. The van der Waals surface area contributed by atoms with Crippen LogP contribution in [0.15, 0.2) is 18.2 Å². The third-order valence-electron chi connectivity index (χ3n) is 2.70. The fourth-order valence-corrected chi connectivity index (χ4v) is 1.76. The van der Waals surface area contributed by atoms with Crippen molar-refractivity contribution in [3.8, 4) is 5.75 Å². The van der Waals surface area contributed by atoms with Gasteiger partial charge in [0, 0.05) is 24.4 Å². The van der Waals surface area contributed by atoms with E-state index in [0.717, 1.165) is 5.56 Å². The summed E-state index contributed by atoms with van der Waals surface area (Å²) < 4.78 is 24.4. The highest BCUT2D eigenvalue weighted by Gasteiger charge is 2.17. The molecule has 0 spiro atoms. The molecule has 96 valence electrons. The van der Waals surface area contributed by atoms with E-state index in [-0.39, 0.29) is 11.4 Å². The zero-order valence-corrected chi connectivity index (χ0v) is 12.0. The molecule has 1 aromatic carbocycles. The van der Waals surface area contributed by atoms with Crippen LogP contribution in [0, 0.1) is 5.82 Å². The molecule has 0 heterocycles. The summed E-state index contributed by atoms with van der Waals surface area (Å²) in [4.78, 5) is 0. The van der Waals surface area contributed by atoms with E-state index in [2.05, 4.69) is 15.9 Å². The van der Waals surface area contributed by atoms with Crippen LogP contribution in [-0.4, -0.2) is 19.3 Å². The van der Waals surface area contributed by atoms with E-state index >= 15 is 0 Å². The van der Waals surface area contributed by atoms with Crippen LogP contribution >= 0.6 is 15.9 Å². The highest BCUT2D eigenvalue weighted by atomic mass is 79.9. The second-order valence-electron chi connectivity index (χ2n) is 4.42. The lowest BCUT2D eigenvalue weighted by Gasteiger charge is -2.23. The average molecular weight is 305 g/mol. The molecule has 0 saturated heterocycles. The van der Waals surface area contributed by atoms with Crippen LogP contribution in [0.2, 0.25) is 0 Å². The first-order valence-corrected chi connectivity index (χ1v) is 6.63. The average Bonchev–Trinajstić information content (AvgIpc) is 2.31. The van der Waals surface area contributed by atoms with Crippen LogP contribution in [-0.2, 0) is 10.1 Å². The molecule has 0 N–H and O–H groups in total. The molecule has 0 atom stereocenters. The number of benzene rings is 1. The molecule has 1 aromatic rings. The largest absolute Gasteiger partial charge is 0.490 e. The molecule has 0 aliphatic rings. The van der Waals surface area contributed by atoms with E-state index in [1.54, 1.807) is 13.2 Å². The SMILES string of the molecule is COC(C)(C)CCOc1c(F)cccc1CBr. The zero-order chi connectivity index (χ0) is 12.9. The van der Waals surface area contributed by atoms with Crippen LogP contribution in [0.1, 0.15) is 25.8 Å². The van der Waals surface area contributed by atoms with Crippen molar-refractivity contribution in [1.29, 1.82) is 0 Å². The van der Waals surface area contributed by atoms with E-state index in [9.17, 15) is 4.39 Å². The van der Waals surface area contributed by atoms with Crippen LogP contribution < -0.4 is 4.74 Å². The molecule has 4 heteroatoms. The fourth-order valence-electron chi connectivity index (χ4n) is 1.32. The number of ether oxygens (including phenoxy) is 2. The van der Waals surface area contributed by atoms with Crippen LogP contribution in [0.3, 0.4) is 0 Å². The van der Waals surface area contributed by atoms with Gasteiger partial charge in [0.1, 0.15) is 0 Å². The summed E-state index contributed by atoms with van der Waals surface area (Å²) in [5.74, 6) is 0.00783. The molecule has 0 unspecified atom stereocenters. The molecular weight excluding hydrogens is 287 g/mol. The van der Waals surface area contributed by atoms with E-state index in [4.69, 9.17) is 9.47 Å². The zero-order valence-electron chi connectivity index (χ0n) is 10.4. The Hall–Kier alpha value is -0.610. The summed E-state index contributed by atoms with van der Waals surface area (Å²) in [7, 11) is 1.66. The molecular formula is C13H18BrFO2. The summed E-state index contributed by atoms with van der Waals surface area (Å²) in [5.41, 5.74) is 0.569. The lowest BCUT2D eigenvalue weighted by Crippen LogP contribution is -2.25. The summed E-state index contributed by atoms with van der Waals surface area (Å²) in [6.45, 7) is 4.38. The quantitative estimate of drug-likeness (QED) is 0.742. The van der Waals surface area contributed by atoms with Gasteiger partial charge in [-0.15, -0.1) is 0 Å². The summed E-state index contributed by atoms with van der Waals surface area (Å²) >= 11 is 3.32. The normalized spacial score (nSPS) is 11.6. The van der Waals surface area contributed by atoms with Crippen molar-refractivity contribution in [2.75, 3.05) is 13.7 Å². The van der Waals surface area contributed by atoms with Crippen molar-refractivity contribution in [2.45, 2.75) is 31.2 Å². The van der Waals surface area contributed by atoms with Crippen LogP contribution in [0.25, 0.3) is 0 Å². The van der Waals surface area contributed by atoms with Crippen molar-refractivity contribution in [2.24, 2.45) is 0 Å². The Kier molecular flexibility index (Phi) is 5.40. The van der Waals surface area contributed by atoms with Gasteiger partial charge < -0.3 is 9.47 Å². The topological polar surface area (TPSA) is 18.5 Å². The first kappa shape index (κ1) is 14.5. The maximum absolute atomic E-state index is 13.6. The van der Waals surface area contributed by atoms with E-state index in [1.807, 2.05) is 19.9 Å². The first-order valence-electron chi connectivity index (χ1n) is 5.51. The minimum Gasteiger partial charge on any atom is -0.490 e. The molecule has 0 aromatic heterocycles. The third kappa shape index (κ3) is 4.28. The summed E-state index contributed by atoms with van der Waals surface area (Å²) in [6, 6.07) is 4.93. The molecule has 17 heavy (non-hydrogen) atoms. The van der Waals surface area contributed by atoms with Crippen LogP contribution in [0.4, 0.5) is 4.39 Å². The second kappa shape index (κ2) is 6.36. The number of rotatable bonds is 6. The minimum atomic E-state index is -0.322. The Labute approximate surface area is 110 Å². The molecule has 0 aliphatic carbocycles. The number of para-hydroxylation sites is 1. The van der Waals surface area contributed by atoms with Gasteiger partial charge in [0.05, 0.1) is 12.2 Å². The lowest BCUT2D eigenvalue weighted by atomic mass is 10.1. The lowest BCUT2D eigenvalue weighted by molar-refractivity contribution is 0.00507. The molecule has 0 aliphatic heterocycles. The molecule has 0 radical (unpaired) electrons. The van der Waals surface area contributed by atoms with Crippen molar-refractivity contribution in [3.63, 3.8) is 0 Å². The smallest absolute Gasteiger partial charge is 0.165 e. The maximum atomic E-state index is 13.6. The van der Waals surface area contributed by atoms with Gasteiger partial charge in [0.15, 0.2) is 11.6 Å². The number of hydrogen-bond acceptors (Lipinski definition) is 2. The minimum absolute atomic E-state index is 0.250. The summed E-state index contributed by atoms with van der Waals surface area (Å²) in [6.07, 6.45) is 0.708. The first-order chi connectivity index (χ1) is 8.00. The highest BCUT2D eigenvalue weighted by Crippen LogP contribution is 2.25. The fraction of sp³-hybridized carbons (Fsp3) is 0.538. The van der Waals surface area contributed by atoms with E-state index in [1.165, 1.54) is 6.07 Å². The van der Waals surface area contributed by atoms with Gasteiger partial charge in [-0.05, 0) is 19.9 Å². The second-order valence-corrected chi connectivity index (χ2v) is 4.98. The van der Waals surface area contributed by atoms with E-state index < -0.39 is 0 Å². The predicted octanol–water partition coefficient (Wildman–Crippen LogP) is 3.91. The Bertz CT molecular complexity index is 366. The molecule has 0 saturated carbocycles. The predicted molar refractivity (Wildman–Crippen MR) is 70.2 cm³/mol. The van der Waals surface area contributed by atoms with Gasteiger partial charge in [-0.25, -0.2) is 4.39 Å². The molecule has 0 amide bonds. The van der Waals surface area contributed by atoms with Gasteiger partial charge in [-0.3, -0.25) is 0 Å². The van der Waals surface area contributed by atoms with Gasteiger partial charge in [-0.2, -0.15) is 0 Å². The highest BCUT2D eigenvalue weighted by molar-refractivity contribution is 9.08. The van der Waals surface area contributed by atoms with Gasteiger partial charge in [0.2, 0.25) is 0 Å². The van der Waals surface area contributed by atoms with E-state index in [0.29, 0.717) is 24.1 Å². The van der Waals surface area contributed by atoms with Gasteiger partial charge in [0.25, 0.3) is 0 Å².